The SMILES string of the molecule is CCc1sc(CC2CCCN2)nc1-c1ccccc1. The van der Waals surface area contributed by atoms with Crippen molar-refractivity contribution in [2.75, 3.05) is 6.54 Å². The summed E-state index contributed by atoms with van der Waals surface area (Å²) in [7, 11) is 0. The summed E-state index contributed by atoms with van der Waals surface area (Å²) in [5, 5.41) is 4.85. The molecule has 0 bridgehead atoms. The van der Waals surface area contributed by atoms with Crippen LogP contribution >= 0.6 is 11.3 Å². The topological polar surface area (TPSA) is 24.9 Å². The zero-order valence-electron chi connectivity index (χ0n) is 11.4. The van der Waals surface area contributed by atoms with Crippen LogP contribution in [0.2, 0.25) is 0 Å². The highest BCUT2D eigenvalue weighted by molar-refractivity contribution is 7.12. The highest BCUT2D eigenvalue weighted by atomic mass is 32.1. The molecule has 1 unspecified atom stereocenters. The van der Waals surface area contributed by atoms with Crippen LogP contribution in [0.1, 0.15) is 29.7 Å². The van der Waals surface area contributed by atoms with Crippen LogP contribution in [0.5, 0.6) is 0 Å². The number of rotatable bonds is 4. The lowest BCUT2D eigenvalue weighted by Gasteiger charge is -2.06. The molecule has 100 valence electrons. The molecule has 1 aromatic carbocycles. The molecule has 3 rings (SSSR count). The lowest BCUT2D eigenvalue weighted by molar-refractivity contribution is 0.601. The van der Waals surface area contributed by atoms with Crippen molar-refractivity contribution < 1.29 is 0 Å². The number of benzene rings is 1. The second kappa shape index (κ2) is 5.85. The van der Waals surface area contributed by atoms with Crippen molar-refractivity contribution >= 4 is 11.3 Å². The molecule has 0 saturated carbocycles. The average molecular weight is 272 g/mol. The fourth-order valence-corrected chi connectivity index (χ4v) is 3.80. The number of thiazole rings is 1. The smallest absolute Gasteiger partial charge is 0.0950 e. The van der Waals surface area contributed by atoms with Gasteiger partial charge in [-0.2, -0.15) is 0 Å². The van der Waals surface area contributed by atoms with Gasteiger partial charge in [-0.15, -0.1) is 11.3 Å². The van der Waals surface area contributed by atoms with Gasteiger partial charge in [0.15, 0.2) is 0 Å². The maximum Gasteiger partial charge on any atom is 0.0950 e. The average Bonchev–Trinajstić information content (AvgIpc) is 3.09. The van der Waals surface area contributed by atoms with E-state index in [0.29, 0.717) is 6.04 Å². The summed E-state index contributed by atoms with van der Waals surface area (Å²) in [5.41, 5.74) is 2.45. The maximum absolute atomic E-state index is 4.89. The molecule has 1 aliphatic heterocycles. The fraction of sp³-hybridized carbons (Fsp3) is 0.438. The van der Waals surface area contributed by atoms with Crippen molar-refractivity contribution in [1.82, 2.24) is 10.3 Å². The molecule has 2 heterocycles. The molecule has 2 nitrogen and oxygen atoms in total. The quantitative estimate of drug-likeness (QED) is 0.918. The molecular formula is C16H20N2S. The minimum atomic E-state index is 0.638. The maximum atomic E-state index is 4.89. The zero-order valence-corrected chi connectivity index (χ0v) is 12.2. The molecule has 0 amide bonds. The Kier molecular flexibility index (Phi) is 3.95. The molecule has 1 fully saturated rings. The minimum Gasteiger partial charge on any atom is -0.314 e. The predicted molar refractivity (Wildman–Crippen MR) is 81.7 cm³/mol. The number of nitrogens with zero attached hydrogens (tertiary/aromatic N) is 1. The summed E-state index contributed by atoms with van der Waals surface area (Å²) in [4.78, 5) is 6.31. The van der Waals surface area contributed by atoms with Gasteiger partial charge in [0.2, 0.25) is 0 Å². The van der Waals surface area contributed by atoms with Crippen molar-refractivity contribution in [3.63, 3.8) is 0 Å². The molecule has 0 spiro atoms. The molecule has 0 aliphatic carbocycles. The molecule has 1 saturated heterocycles. The number of aromatic nitrogens is 1. The first kappa shape index (κ1) is 12.8. The van der Waals surface area contributed by atoms with E-state index in [1.807, 2.05) is 11.3 Å². The van der Waals surface area contributed by atoms with Crippen LogP contribution in [-0.4, -0.2) is 17.6 Å². The molecule has 1 aromatic heterocycles. The van der Waals surface area contributed by atoms with Gasteiger partial charge in [-0.1, -0.05) is 37.3 Å². The number of hydrogen-bond acceptors (Lipinski definition) is 3. The van der Waals surface area contributed by atoms with Gasteiger partial charge in [-0.3, -0.25) is 0 Å². The Morgan fingerprint density at radius 2 is 2.16 bits per heavy atom. The van der Waals surface area contributed by atoms with Crippen LogP contribution in [0.3, 0.4) is 0 Å². The molecule has 2 aromatic rings. The summed E-state index contributed by atoms with van der Waals surface area (Å²) < 4.78 is 0. The van der Waals surface area contributed by atoms with Gasteiger partial charge >= 0.3 is 0 Å². The van der Waals surface area contributed by atoms with Crippen LogP contribution in [0.25, 0.3) is 11.3 Å². The first-order valence-electron chi connectivity index (χ1n) is 7.14. The molecule has 0 radical (unpaired) electrons. The standard InChI is InChI=1S/C16H20N2S/c1-2-14-16(12-7-4-3-5-8-12)18-15(19-14)11-13-9-6-10-17-13/h3-5,7-8,13,17H,2,6,9-11H2,1H3. The Bertz CT molecular complexity index is 527. The van der Waals surface area contributed by atoms with Crippen molar-refractivity contribution in [1.29, 1.82) is 0 Å². The van der Waals surface area contributed by atoms with Gasteiger partial charge in [-0.05, 0) is 25.8 Å². The van der Waals surface area contributed by atoms with E-state index >= 15 is 0 Å². The Morgan fingerprint density at radius 3 is 2.84 bits per heavy atom. The van der Waals surface area contributed by atoms with Gasteiger partial charge in [0.05, 0.1) is 10.7 Å². The summed E-state index contributed by atoms with van der Waals surface area (Å²) in [6.45, 7) is 3.39. The minimum absolute atomic E-state index is 0.638. The van der Waals surface area contributed by atoms with E-state index < -0.39 is 0 Å². The molecular weight excluding hydrogens is 252 g/mol. The second-order valence-corrected chi connectivity index (χ2v) is 6.26. The third kappa shape index (κ3) is 2.88. The van der Waals surface area contributed by atoms with Crippen molar-refractivity contribution in [3.05, 3.63) is 40.2 Å². The normalized spacial score (nSPS) is 18.9. The molecule has 3 heteroatoms. The largest absolute Gasteiger partial charge is 0.314 e. The van der Waals surface area contributed by atoms with Gasteiger partial charge in [0, 0.05) is 22.9 Å². The third-order valence-corrected chi connectivity index (χ3v) is 4.92. The lowest BCUT2D eigenvalue weighted by Crippen LogP contribution is -2.23. The Morgan fingerprint density at radius 1 is 1.32 bits per heavy atom. The molecule has 1 N–H and O–H groups in total. The third-order valence-electron chi connectivity index (χ3n) is 3.69. The van der Waals surface area contributed by atoms with Crippen molar-refractivity contribution in [2.24, 2.45) is 0 Å². The Balaban J connectivity index is 1.85. The van der Waals surface area contributed by atoms with E-state index in [1.165, 1.54) is 40.5 Å². The van der Waals surface area contributed by atoms with E-state index in [1.54, 1.807) is 0 Å². The van der Waals surface area contributed by atoms with Crippen LogP contribution in [0, 0.1) is 0 Å². The Labute approximate surface area is 118 Å². The first-order valence-corrected chi connectivity index (χ1v) is 7.96. The summed E-state index contributed by atoms with van der Waals surface area (Å²) in [6, 6.07) is 11.2. The number of nitrogens with one attached hydrogen (secondary N) is 1. The summed E-state index contributed by atoms with van der Waals surface area (Å²) in [6.07, 6.45) is 4.76. The Hall–Kier alpha value is -1.19. The van der Waals surface area contributed by atoms with E-state index in [-0.39, 0.29) is 0 Å². The van der Waals surface area contributed by atoms with Crippen LogP contribution < -0.4 is 5.32 Å². The molecule has 1 aliphatic rings. The van der Waals surface area contributed by atoms with E-state index in [4.69, 9.17) is 4.98 Å². The van der Waals surface area contributed by atoms with Gasteiger partial charge in [-0.25, -0.2) is 4.98 Å². The predicted octanol–water partition coefficient (Wildman–Crippen LogP) is 3.67. The van der Waals surface area contributed by atoms with Crippen LogP contribution in [-0.2, 0) is 12.8 Å². The summed E-state index contributed by atoms with van der Waals surface area (Å²) in [5.74, 6) is 0. The second-order valence-electron chi connectivity index (χ2n) is 5.10. The highest BCUT2D eigenvalue weighted by Gasteiger charge is 2.18. The van der Waals surface area contributed by atoms with Gasteiger partial charge in [0.1, 0.15) is 0 Å². The lowest BCUT2D eigenvalue weighted by atomic mass is 10.1. The monoisotopic (exact) mass is 272 g/mol. The van der Waals surface area contributed by atoms with E-state index in [9.17, 15) is 0 Å². The first-order chi connectivity index (χ1) is 9.36. The molecule has 1 atom stereocenters. The van der Waals surface area contributed by atoms with Crippen molar-refractivity contribution in [2.45, 2.75) is 38.6 Å². The van der Waals surface area contributed by atoms with Gasteiger partial charge in [0.25, 0.3) is 0 Å². The summed E-state index contributed by atoms with van der Waals surface area (Å²) >= 11 is 1.89. The van der Waals surface area contributed by atoms with E-state index in [0.717, 1.165) is 12.8 Å². The zero-order chi connectivity index (χ0) is 13.1. The fourth-order valence-electron chi connectivity index (χ4n) is 2.69. The van der Waals surface area contributed by atoms with Crippen LogP contribution in [0.15, 0.2) is 30.3 Å². The highest BCUT2D eigenvalue weighted by Crippen LogP contribution is 2.29. The molecule has 19 heavy (non-hydrogen) atoms. The van der Waals surface area contributed by atoms with Gasteiger partial charge < -0.3 is 5.32 Å². The van der Waals surface area contributed by atoms with Crippen LogP contribution in [0.4, 0.5) is 0 Å². The van der Waals surface area contributed by atoms with E-state index in [2.05, 4.69) is 42.6 Å². The van der Waals surface area contributed by atoms with Crippen molar-refractivity contribution in [3.8, 4) is 11.3 Å². The number of aryl methyl sites for hydroxylation is 1. The number of hydrogen-bond donors (Lipinski definition) is 1.